The number of hydrogen-bond donors (Lipinski definition) is 1. The SMILES string of the molecule is C\C=C/C(=C\C=C\C1[C@@H](OCc2ccc3c(c2)N(CCCOC)CCO3)CNC[C@H]1OCC(=O)N1CCOC[C@H]1C)COC. The molecule has 0 radical (unpaired) electrons. The van der Waals surface area contributed by atoms with Gasteiger partial charge in [-0.2, -0.15) is 0 Å². The summed E-state index contributed by atoms with van der Waals surface area (Å²) in [7, 11) is 3.43. The number of benzene rings is 1. The lowest BCUT2D eigenvalue weighted by molar-refractivity contribution is -0.149. The molecular weight excluding hydrogens is 562 g/mol. The summed E-state index contributed by atoms with van der Waals surface area (Å²) in [4.78, 5) is 17.3. The van der Waals surface area contributed by atoms with Gasteiger partial charge in [0.05, 0.1) is 56.9 Å². The molecule has 0 aliphatic carbocycles. The van der Waals surface area contributed by atoms with Gasteiger partial charge >= 0.3 is 0 Å². The summed E-state index contributed by atoms with van der Waals surface area (Å²) < 4.78 is 34.9. The van der Waals surface area contributed by atoms with E-state index in [4.69, 9.17) is 28.4 Å². The van der Waals surface area contributed by atoms with Gasteiger partial charge in [0.15, 0.2) is 0 Å². The summed E-state index contributed by atoms with van der Waals surface area (Å²) in [6, 6.07) is 6.34. The van der Waals surface area contributed by atoms with Crippen molar-refractivity contribution in [1.29, 1.82) is 0 Å². The molecular formula is C34H51N3O7. The van der Waals surface area contributed by atoms with Gasteiger partial charge in [0.25, 0.3) is 0 Å². The minimum atomic E-state index is -0.223. The molecule has 1 amide bonds. The molecule has 3 heterocycles. The lowest BCUT2D eigenvalue weighted by atomic mass is 9.91. The summed E-state index contributed by atoms with van der Waals surface area (Å²) in [5, 5.41) is 3.47. The van der Waals surface area contributed by atoms with E-state index in [9.17, 15) is 4.79 Å². The molecule has 1 aromatic rings. The molecule has 2 fully saturated rings. The van der Waals surface area contributed by atoms with Crippen LogP contribution in [0.1, 0.15) is 25.8 Å². The largest absolute Gasteiger partial charge is 0.490 e. The van der Waals surface area contributed by atoms with Gasteiger partial charge in [0.1, 0.15) is 19.0 Å². The maximum Gasteiger partial charge on any atom is 0.248 e. The predicted molar refractivity (Wildman–Crippen MR) is 171 cm³/mol. The topological polar surface area (TPSA) is 91.0 Å². The molecule has 4 atom stereocenters. The summed E-state index contributed by atoms with van der Waals surface area (Å²) in [6.07, 6.45) is 10.9. The Kier molecular flexibility index (Phi) is 14.2. The summed E-state index contributed by atoms with van der Waals surface area (Å²) in [6.45, 7) is 11.2. The van der Waals surface area contributed by atoms with Crippen molar-refractivity contribution < 1.29 is 33.2 Å². The van der Waals surface area contributed by atoms with E-state index in [1.54, 1.807) is 14.2 Å². The average molecular weight is 614 g/mol. The molecule has 1 aromatic carbocycles. The number of rotatable bonds is 15. The fraction of sp³-hybridized carbons (Fsp3) is 0.618. The molecule has 3 aliphatic heterocycles. The maximum atomic E-state index is 13.0. The summed E-state index contributed by atoms with van der Waals surface area (Å²) in [5.41, 5.74) is 3.25. The molecule has 0 spiro atoms. The van der Waals surface area contributed by atoms with E-state index in [1.165, 1.54) is 0 Å². The average Bonchev–Trinajstić information content (AvgIpc) is 3.04. The van der Waals surface area contributed by atoms with Crippen LogP contribution in [0.4, 0.5) is 5.69 Å². The van der Waals surface area contributed by atoms with E-state index in [-0.39, 0.29) is 36.7 Å². The molecule has 244 valence electrons. The number of nitrogens with zero attached hydrogens (tertiary/aromatic N) is 2. The molecule has 1 unspecified atom stereocenters. The second-order valence-corrected chi connectivity index (χ2v) is 11.5. The van der Waals surface area contributed by atoms with Gasteiger partial charge < -0.3 is 43.5 Å². The molecule has 2 saturated heterocycles. The normalized spacial score (nSPS) is 24.6. The third-order valence-corrected chi connectivity index (χ3v) is 8.22. The van der Waals surface area contributed by atoms with E-state index in [0.29, 0.717) is 52.7 Å². The van der Waals surface area contributed by atoms with Crippen LogP contribution < -0.4 is 15.0 Å². The molecule has 10 nitrogen and oxygen atoms in total. The van der Waals surface area contributed by atoms with E-state index in [2.05, 4.69) is 40.6 Å². The summed E-state index contributed by atoms with van der Waals surface area (Å²) >= 11 is 0. The van der Waals surface area contributed by atoms with Crippen molar-refractivity contribution in [2.45, 2.75) is 45.1 Å². The predicted octanol–water partition coefficient (Wildman–Crippen LogP) is 3.36. The van der Waals surface area contributed by atoms with Crippen molar-refractivity contribution in [3.05, 3.63) is 59.7 Å². The highest BCUT2D eigenvalue weighted by molar-refractivity contribution is 5.77. The number of morpholine rings is 1. The number of methoxy groups -OCH3 is 2. The Hall–Kier alpha value is -2.73. The first-order chi connectivity index (χ1) is 21.5. The molecule has 44 heavy (non-hydrogen) atoms. The van der Waals surface area contributed by atoms with Crippen LogP contribution in [0.15, 0.2) is 54.2 Å². The van der Waals surface area contributed by atoms with Crippen LogP contribution in [-0.2, 0) is 35.1 Å². The lowest BCUT2D eigenvalue weighted by Crippen LogP contribution is -2.53. The molecule has 0 saturated carbocycles. The highest BCUT2D eigenvalue weighted by Crippen LogP contribution is 2.33. The van der Waals surface area contributed by atoms with Crippen molar-refractivity contribution in [3.8, 4) is 5.75 Å². The molecule has 0 aromatic heterocycles. The maximum absolute atomic E-state index is 13.0. The fourth-order valence-corrected chi connectivity index (χ4v) is 5.91. The Bertz CT molecular complexity index is 1120. The zero-order chi connectivity index (χ0) is 31.1. The Morgan fingerprint density at radius 2 is 1.93 bits per heavy atom. The first-order valence-corrected chi connectivity index (χ1v) is 15.8. The quantitative estimate of drug-likeness (QED) is 0.236. The van der Waals surface area contributed by atoms with Crippen LogP contribution in [0, 0.1) is 5.92 Å². The van der Waals surface area contributed by atoms with Crippen LogP contribution in [0.25, 0.3) is 0 Å². The Labute approximate surface area is 262 Å². The first kappa shape index (κ1) is 34.1. The third kappa shape index (κ3) is 9.89. The zero-order valence-corrected chi connectivity index (χ0v) is 26.9. The smallest absolute Gasteiger partial charge is 0.248 e. The molecule has 1 N–H and O–H groups in total. The molecule has 3 aliphatic rings. The lowest BCUT2D eigenvalue weighted by Gasteiger charge is -2.38. The summed E-state index contributed by atoms with van der Waals surface area (Å²) in [5.74, 6) is 0.849. The highest BCUT2D eigenvalue weighted by atomic mass is 16.5. The van der Waals surface area contributed by atoms with Crippen molar-refractivity contribution in [3.63, 3.8) is 0 Å². The number of piperidine rings is 1. The van der Waals surface area contributed by atoms with Crippen LogP contribution in [0.3, 0.4) is 0 Å². The van der Waals surface area contributed by atoms with Gasteiger partial charge in [-0.15, -0.1) is 0 Å². The van der Waals surface area contributed by atoms with Crippen LogP contribution in [-0.4, -0.2) is 116 Å². The van der Waals surface area contributed by atoms with Gasteiger partial charge in [-0.05, 0) is 43.5 Å². The number of amides is 1. The van der Waals surface area contributed by atoms with Gasteiger partial charge in [-0.25, -0.2) is 0 Å². The third-order valence-electron chi connectivity index (χ3n) is 8.22. The van der Waals surface area contributed by atoms with E-state index >= 15 is 0 Å². The molecule has 10 heteroatoms. The van der Waals surface area contributed by atoms with E-state index < -0.39 is 0 Å². The van der Waals surface area contributed by atoms with Crippen LogP contribution >= 0.6 is 0 Å². The Morgan fingerprint density at radius 3 is 2.70 bits per heavy atom. The monoisotopic (exact) mass is 613 g/mol. The number of ether oxygens (including phenoxy) is 6. The van der Waals surface area contributed by atoms with E-state index in [1.807, 2.05) is 37.0 Å². The number of carbonyl (C=O) groups is 1. The number of hydrogen-bond acceptors (Lipinski definition) is 9. The number of carbonyl (C=O) groups excluding carboxylic acids is 1. The van der Waals surface area contributed by atoms with Crippen molar-refractivity contribution in [1.82, 2.24) is 10.2 Å². The standard InChI is InChI=1S/C34H51N3O7/c1-5-8-27(23-40-4)9-6-10-29-32(20-35-21-33(29)44-25-34(38)37-15-17-41-22-26(37)2)43-24-28-11-12-31-30(19-28)36(14-18-42-31)13-7-16-39-3/h5-6,8-12,19,26,29,32-33,35H,7,13-18,20-25H2,1-4H3/b8-5-,10-6+,27-9+/t26-,29?,32+,33-/m1/s1. The number of allylic oxidation sites excluding steroid dienone is 3. The van der Waals surface area contributed by atoms with Gasteiger partial charge in [0, 0.05) is 52.9 Å². The second kappa shape index (κ2) is 18.3. The Morgan fingerprint density at radius 1 is 1.09 bits per heavy atom. The van der Waals surface area contributed by atoms with Crippen molar-refractivity contribution in [2.24, 2.45) is 5.92 Å². The van der Waals surface area contributed by atoms with Crippen LogP contribution in [0.5, 0.6) is 5.75 Å². The van der Waals surface area contributed by atoms with Crippen LogP contribution in [0.2, 0.25) is 0 Å². The van der Waals surface area contributed by atoms with Gasteiger partial charge in [-0.3, -0.25) is 4.79 Å². The fourth-order valence-electron chi connectivity index (χ4n) is 5.91. The molecule has 4 rings (SSSR count). The first-order valence-electron chi connectivity index (χ1n) is 15.8. The van der Waals surface area contributed by atoms with Gasteiger partial charge in [-0.1, -0.05) is 36.4 Å². The highest BCUT2D eigenvalue weighted by Gasteiger charge is 2.34. The number of fused-ring (bicyclic) bond motifs is 1. The second-order valence-electron chi connectivity index (χ2n) is 11.5. The number of nitrogens with one attached hydrogen (secondary N) is 1. The minimum Gasteiger partial charge on any atom is -0.490 e. The number of anilines is 1. The van der Waals surface area contributed by atoms with E-state index in [0.717, 1.165) is 48.7 Å². The van der Waals surface area contributed by atoms with Crippen molar-refractivity contribution in [2.75, 3.05) is 91.5 Å². The van der Waals surface area contributed by atoms with Crippen molar-refractivity contribution >= 4 is 11.6 Å². The van der Waals surface area contributed by atoms with Gasteiger partial charge in [0.2, 0.25) is 5.91 Å². The molecule has 0 bridgehead atoms. The Balaban J connectivity index is 1.46. The zero-order valence-electron chi connectivity index (χ0n) is 26.9. The minimum absolute atomic E-state index is 0.00624.